The molecule has 4 amide bonds. The number of nitrogens with one attached hydrogen (secondary N) is 1. The number of rotatable bonds is 6. The topological polar surface area (TPSA) is 119 Å². The van der Waals surface area contributed by atoms with Gasteiger partial charge in [0.25, 0.3) is 11.8 Å². The van der Waals surface area contributed by atoms with Crippen molar-refractivity contribution in [2.75, 3.05) is 12.0 Å². The van der Waals surface area contributed by atoms with Gasteiger partial charge in [-0.15, -0.1) is 0 Å². The third-order valence-electron chi connectivity index (χ3n) is 5.52. The van der Waals surface area contributed by atoms with Crippen molar-refractivity contribution in [3.8, 4) is 11.5 Å². The SMILES string of the molecule is COc1cc(/C=C2\C(=O)NC(=O)N(c3cc(Cl)ccc3C)C2=O)ccc1OS(=O)(=O)c1ccc(C)cc1. The highest BCUT2D eigenvalue weighted by Crippen LogP contribution is 2.33. The Balaban J connectivity index is 1.67. The highest BCUT2D eigenvalue weighted by Gasteiger charge is 2.37. The normalized spacial score (nSPS) is 15.1. The summed E-state index contributed by atoms with van der Waals surface area (Å²) in [5.74, 6) is -1.77. The molecule has 0 atom stereocenters. The molecule has 190 valence electrons. The average Bonchev–Trinajstić information content (AvgIpc) is 2.84. The molecule has 1 fully saturated rings. The lowest BCUT2D eigenvalue weighted by Crippen LogP contribution is -2.54. The Morgan fingerprint density at radius 2 is 1.62 bits per heavy atom. The molecule has 0 aromatic heterocycles. The summed E-state index contributed by atoms with van der Waals surface area (Å²) in [6.45, 7) is 3.52. The Morgan fingerprint density at radius 1 is 0.919 bits per heavy atom. The number of barbiturate groups is 1. The largest absolute Gasteiger partial charge is 0.493 e. The molecule has 1 aliphatic rings. The molecule has 11 heteroatoms. The standard InChI is InChI=1S/C26H21ClN2O7S/c1-15-4-9-19(10-5-15)37(33,34)36-22-11-7-17(13-23(22)35-3)12-20-24(30)28-26(32)29(25(20)31)21-14-18(27)8-6-16(21)2/h4-14H,1-3H3,(H,28,30,32)/b20-12+. The van der Waals surface area contributed by atoms with Crippen LogP contribution in [0.25, 0.3) is 6.08 Å². The van der Waals surface area contributed by atoms with Crippen LogP contribution in [0.1, 0.15) is 16.7 Å². The lowest BCUT2D eigenvalue weighted by Gasteiger charge is -2.27. The van der Waals surface area contributed by atoms with Crippen molar-refractivity contribution in [3.05, 3.63) is 87.9 Å². The van der Waals surface area contributed by atoms with E-state index in [9.17, 15) is 22.8 Å². The molecular formula is C26H21ClN2O7S. The van der Waals surface area contributed by atoms with E-state index in [4.69, 9.17) is 20.5 Å². The predicted molar refractivity (Wildman–Crippen MR) is 137 cm³/mol. The first-order chi connectivity index (χ1) is 17.5. The van der Waals surface area contributed by atoms with Gasteiger partial charge < -0.3 is 8.92 Å². The number of amides is 4. The lowest BCUT2D eigenvalue weighted by atomic mass is 10.1. The van der Waals surface area contributed by atoms with E-state index < -0.39 is 28.0 Å². The van der Waals surface area contributed by atoms with Crippen molar-refractivity contribution in [1.29, 1.82) is 0 Å². The second kappa shape index (κ2) is 10.1. The van der Waals surface area contributed by atoms with Crippen LogP contribution in [0, 0.1) is 13.8 Å². The first-order valence-electron chi connectivity index (χ1n) is 10.9. The fourth-order valence-corrected chi connectivity index (χ4v) is 4.69. The van der Waals surface area contributed by atoms with Gasteiger partial charge in [0.15, 0.2) is 11.5 Å². The summed E-state index contributed by atoms with van der Waals surface area (Å²) >= 11 is 6.05. The van der Waals surface area contributed by atoms with Gasteiger partial charge in [-0.05, 0) is 67.4 Å². The number of anilines is 1. The third-order valence-corrected chi connectivity index (χ3v) is 7.01. The molecular weight excluding hydrogens is 520 g/mol. The minimum atomic E-state index is -4.14. The van der Waals surface area contributed by atoms with E-state index in [1.54, 1.807) is 31.2 Å². The molecule has 0 aliphatic carbocycles. The summed E-state index contributed by atoms with van der Waals surface area (Å²) < 4.78 is 35.9. The number of methoxy groups -OCH3 is 1. The van der Waals surface area contributed by atoms with E-state index in [0.29, 0.717) is 16.1 Å². The van der Waals surface area contributed by atoms with Gasteiger partial charge in [0, 0.05) is 5.02 Å². The van der Waals surface area contributed by atoms with Gasteiger partial charge in [0.1, 0.15) is 10.5 Å². The van der Waals surface area contributed by atoms with Gasteiger partial charge in [-0.1, -0.05) is 41.4 Å². The molecule has 3 aromatic rings. The Bertz CT molecular complexity index is 1560. The molecule has 3 aromatic carbocycles. The molecule has 4 rings (SSSR count). The number of carbonyl (C=O) groups excluding carboxylic acids is 3. The van der Waals surface area contributed by atoms with Crippen LogP contribution in [-0.2, 0) is 19.7 Å². The van der Waals surface area contributed by atoms with E-state index in [0.717, 1.165) is 10.5 Å². The maximum atomic E-state index is 13.2. The summed E-state index contributed by atoms with van der Waals surface area (Å²) in [5, 5.41) is 2.46. The molecule has 0 bridgehead atoms. The quantitative estimate of drug-likeness (QED) is 0.279. The van der Waals surface area contributed by atoms with Crippen LogP contribution < -0.4 is 19.1 Å². The summed E-state index contributed by atoms with van der Waals surface area (Å²) in [5.41, 5.74) is 1.73. The number of nitrogens with zero attached hydrogens (tertiary/aromatic N) is 1. The van der Waals surface area contributed by atoms with Crippen LogP contribution >= 0.6 is 11.6 Å². The molecule has 0 spiro atoms. The highest BCUT2D eigenvalue weighted by molar-refractivity contribution is 7.87. The predicted octanol–water partition coefficient (Wildman–Crippen LogP) is 4.40. The molecule has 0 saturated carbocycles. The molecule has 1 heterocycles. The molecule has 1 N–H and O–H groups in total. The number of aryl methyl sites for hydroxylation is 2. The first-order valence-corrected chi connectivity index (χ1v) is 12.7. The van der Waals surface area contributed by atoms with Crippen molar-refractivity contribution in [3.63, 3.8) is 0 Å². The van der Waals surface area contributed by atoms with Gasteiger partial charge in [0.05, 0.1) is 12.8 Å². The summed E-state index contributed by atoms with van der Waals surface area (Å²) in [4.78, 5) is 39.0. The molecule has 0 unspecified atom stereocenters. The second-order valence-electron chi connectivity index (χ2n) is 8.15. The molecule has 37 heavy (non-hydrogen) atoms. The van der Waals surface area contributed by atoms with E-state index in [2.05, 4.69) is 5.32 Å². The highest BCUT2D eigenvalue weighted by atomic mass is 35.5. The van der Waals surface area contributed by atoms with E-state index >= 15 is 0 Å². The van der Waals surface area contributed by atoms with Crippen LogP contribution in [0.4, 0.5) is 10.5 Å². The number of imide groups is 2. The number of hydrogen-bond acceptors (Lipinski definition) is 7. The van der Waals surface area contributed by atoms with Crippen molar-refractivity contribution in [1.82, 2.24) is 5.32 Å². The third kappa shape index (κ3) is 5.35. The number of halogens is 1. The van der Waals surface area contributed by atoms with Crippen LogP contribution in [0.3, 0.4) is 0 Å². The second-order valence-corrected chi connectivity index (χ2v) is 10.1. The van der Waals surface area contributed by atoms with Crippen LogP contribution in [0.15, 0.2) is 71.1 Å². The Kier molecular flexibility index (Phi) is 7.06. The number of ether oxygens (including phenoxy) is 1. The zero-order chi connectivity index (χ0) is 26.9. The molecule has 1 aliphatic heterocycles. The van der Waals surface area contributed by atoms with E-state index in [1.807, 2.05) is 6.92 Å². The average molecular weight is 541 g/mol. The zero-order valence-electron chi connectivity index (χ0n) is 19.9. The monoisotopic (exact) mass is 540 g/mol. The molecule has 9 nitrogen and oxygen atoms in total. The summed E-state index contributed by atoms with van der Waals surface area (Å²) in [6.07, 6.45) is 1.26. The van der Waals surface area contributed by atoms with E-state index in [-0.39, 0.29) is 27.7 Å². The van der Waals surface area contributed by atoms with Crippen LogP contribution in [-0.4, -0.2) is 33.4 Å². The zero-order valence-corrected chi connectivity index (χ0v) is 21.5. The smallest absolute Gasteiger partial charge is 0.339 e. The summed E-state index contributed by atoms with van der Waals surface area (Å²) in [7, 11) is -2.82. The van der Waals surface area contributed by atoms with Crippen LogP contribution in [0.2, 0.25) is 5.02 Å². The van der Waals surface area contributed by atoms with E-state index in [1.165, 1.54) is 49.6 Å². The van der Waals surface area contributed by atoms with Gasteiger partial charge in [-0.25, -0.2) is 9.69 Å². The number of benzene rings is 3. The Morgan fingerprint density at radius 3 is 2.30 bits per heavy atom. The van der Waals surface area contributed by atoms with Gasteiger partial charge >= 0.3 is 16.1 Å². The van der Waals surface area contributed by atoms with Crippen molar-refractivity contribution >= 4 is 51.3 Å². The van der Waals surface area contributed by atoms with Gasteiger partial charge in [-0.2, -0.15) is 8.42 Å². The maximum absolute atomic E-state index is 13.2. The Hall–Kier alpha value is -4.15. The van der Waals surface area contributed by atoms with Crippen LogP contribution in [0.5, 0.6) is 11.5 Å². The minimum absolute atomic E-state index is 0.0307. The van der Waals surface area contributed by atoms with Gasteiger partial charge in [0.2, 0.25) is 0 Å². The first kappa shape index (κ1) is 25.9. The maximum Gasteiger partial charge on any atom is 0.339 e. The number of carbonyl (C=O) groups is 3. The summed E-state index contributed by atoms with van der Waals surface area (Å²) in [6, 6.07) is 14.1. The number of urea groups is 1. The van der Waals surface area contributed by atoms with Gasteiger partial charge in [-0.3, -0.25) is 14.9 Å². The lowest BCUT2D eigenvalue weighted by molar-refractivity contribution is -0.122. The van der Waals surface area contributed by atoms with Crippen molar-refractivity contribution in [2.45, 2.75) is 18.7 Å². The minimum Gasteiger partial charge on any atom is -0.493 e. The number of hydrogen-bond donors (Lipinski definition) is 1. The van der Waals surface area contributed by atoms with Crippen molar-refractivity contribution < 1.29 is 31.7 Å². The Labute approximate surface area is 218 Å². The van der Waals surface area contributed by atoms with Crippen molar-refractivity contribution in [2.24, 2.45) is 0 Å². The fourth-order valence-electron chi connectivity index (χ4n) is 3.58. The fraction of sp³-hybridized carbons (Fsp3) is 0.115. The molecule has 0 radical (unpaired) electrons. The molecule has 1 saturated heterocycles.